The first kappa shape index (κ1) is 63.4. The van der Waals surface area contributed by atoms with Crippen LogP contribution in [0.2, 0.25) is 0 Å². The van der Waals surface area contributed by atoms with E-state index in [4.69, 9.17) is 28.8 Å². The molecule has 114 heavy (non-hydrogen) atoms. The van der Waals surface area contributed by atoms with Gasteiger partial charge in [0.25, 0.3) is 0 Å². The highest BCUT2D eigenvalue weighted by molar-refractivity contribution is 6.26. The van der Waals surface area contributed by atoms with Gasteiger partial charge in [-0.2, -0.15) is 0 Å². The summed E-state index contributed by atoms with van der Waals surface area (Å²) in [5.41, 5.74) is 29.3. The standard InChI is InChI=1S/C104H62N8O2/c1-8-24-64(25-9-1)96-101-98(107-103(105-96)66-26-10-2-11-27-66)85-61-92-84(62-94(85)114-101)83-59-71(47-53-89(83)111(92)75-34-18-6-19-35-75)69-46-52-88-81(57-69)78-49-44-72(60-91(78)110(88)74-32-16-5-17-33-74)63-40-42-65(43-41-63)97-102-99(108-104(106-97)67-28-12-3-13-29-67)95-93(113-102)55-50-79-82-58-70(48-54-90(82)112(100(79)95)76-36-20-7-21-37-76)68-45-51-87-80(56-68)77-38-22-23-39-86(77)109(87)73-30-14-4-15-31-73/h1-62H. The Kier molecular flexibility index (Phi) is 13.9. The number of hydrogen-bond acceptors (Lipinski definition) is 6. The Labute approximate surface area is 651 Å². The lowest BCUT2D eigenvalue weighted by molar-refractivity contribution is 0.667. The van der Waals surface area contributed by atoms with Crippen LogP contribution in [0.15, 0.2) is 385 Å². The predicted molar refractivity (Wildman–Crippen MR) is 468 cm³/mol. The molecule has 0 unspecified atom stereocenters. The molecule has 0 atom stereocenters. The summed E-state index contributed by atoms with van der Waals surface area (Å²) >= 11 is 0. The van der Waals surface area contributed by atoms with Crippen LogP contribution in [0.25, 0.3) is 233 Å². The summed E-state index contributed by atoms with van der Waals surface area (Å²) in [4.78, 5) is 21.4. The van der Waals surface area contributed by atoms with Gasteiger partial charge in [0, 0.05) is 93.5 Å². The lowest BCUT2D eigenvalue weighted by atomic mass is 9.99. The minimum atomic E-state index is 0.617. The molecule has 0 aliphatic carbocycles. The van der Waals surface area contributed by atoms with Crippen molar-refractivity contribution >= 4 is 131 Å². The molecule has 0 bridgehead atoms. The first-order valence-corrected chi connectivity index (χ1v) is 38.6. The summed E-state index contributed by atoms with van der Waals surface area (Å²) in [6.45, 7) is 0. The van der Waals surface area contributed by atoms with Crippen molar-refractivity contribution in [2.45, 2.75) is 0 Å². The van der Waals surface area contributed by atoms with Crippen LogP contribution in [0.5, 0.6) is 0 Å². The van der Waals surface area contributed by atoms with Gasteiger partial charge in [-0.3, -0.25) is 0 Å². The van der Waals surface area contributed by atoms with Crippen LogP contribution in [-0.2, 0) is 0 Å². The zero-order valence-electron chi connectivity index (χ0n) is 61.2. The fraction of sp³-hybridized carbons (Fsp3) is 0. The Balaban J connectivity index is 0.625. The largest absolute Gasteiger partial charge is 0.452 e. The molecule has 0 aliphatic rings. The summed E-state index contributed by atoms with van der Waals surface area (Å²) in [5.74, 6) is 1.26. The maximum atomic E-state index is 7.17. The molecule has 0 amide bonds. The van der Waals surface area contributed by atoms with Crippen LogP contribution in [0.3, 0.4) is 0 Å². The monoisotopic (exact) mass is 1450 g/mol. The summed E-state index contributed by atoms with van der Waals surface area (Å²) in [6.07, 6.45) is 0. The molecule has 10 heteroatoms. The van der Waals surface area contributed by atoms with Crippen molar-refractivity contribution in [1.29, 1.82) is 0 Å². The average Bonchev–Trinajstić information content (AvgIpc) is 1.55. The molecule has 16 aromatic carbocycles. The zero-order chi connectivity index (χ0) is 74.6. The summed E-state index contributed by atoms with van der Waals surface area (Å²) in [7, 11) is 0. The Hall–Kier alpha value is -15.5. The van der Waals surface area contributed by atoms with Gasteiger partial charge in [0.15, 0.2) is 22.8 Å². The number of fused-ring (bicyclic) bond motifs is 19. The van der Waals surface area contributed by atoms with Crippen molar-refractivity contribution < 1.29 is 8.83 Å². The Morgan fingerprint density at radius 1 is 0.193 bits per heavy atom. The molecular formula is C104H62N8O2. The van der Waals surface area contributed by atoms with E-state index in [1.807, 2.05) is 54.6 Å². The lowest BCUT2D eigenvalue weighted by Crippen LogP contribution is -1.96. The van der Waals surface area contributed by atoms with Gasteiger partial charge in [-0.05, 0) is 167 Å². The van der Waals surface area contributed by atoms with E-state index in [2.05, 4.69) is 340 Å². The van der Waals surface area contributed by atoms with Gasteiger partial charge in [0.1, 0.15) is 33.6 Å². The number of aromatic nitrogens is 8. The summed E-state index contributed by atoms with van der Waals surface area (Å²) in [6, 6.07) is 134. The van der Waals surface area contributed by atoms with Crippen LogP contribution in [0.1, 0.15) is 0 Å². The summed E-state index contributed by atoms with van der Waals surface area (Å²) < 4.78 is 23.7. The van der Waals surface area contributed by atoms with Gasteiger partial charge in [0.2, 0.25) is 0 Å². The highest BCUT2D eigenvalue weighted by atomic mass is 16.3. The van der Waals surface area contributed by atoms with Gasteiger partial charge in [-0.1, -0.05) is 243 Å². The van der Waals surface area contributed by atoms with Gasteiger partial charge >= 0.3 is 0 Å². The molecule has 0 saturated heterocycles. The molecule has 0 saturated carbocycles. The zero-order valence-corrected chi connectivity index (χ0v) is 61.2. The quantitative estimate of drug-likeness (QED) is 0.128. The molecule has 8 aromatic heterocycles. The van der Waals surface area contributed by atoms with Gasteiger partial charge in [0.05, 0.1) is 49.5 Å². The summed E-state index contributed by atoms with van der Waals surface area (Å²) in [5, 5.41) is 11.0. The molecule has 0 radical (unpaired) electrons. The normalized spacial score (nSPS) is 12.0. The van der Waals surface area contributed by atoms with Crippen molar-refractivity contribution in [3.8, 4) is 101 Å². The van der Waals surface area contributed by atoms with Gasteiger partial charge in [-0.25, -0.2) is 19.9 Å². The first-order valence-electron chi connectivity index (χ1n) is 38.6. The van der Waals surface area contributed by atoms with Crippen molar-refractivity contribution in [2.75, 3.05) is 0 Å². The molecule has 0 spiro atoms. The molecule has 24 rings (SSSR count). The van der Waals surface area contributed by atoms with E-state index in [1.165, 1.54) is 21.8 Å². The topological polar surface area (TPSA) is 97.6 Å². The lowest BCUT2D eigenvalue weighted by Gasteiger charge is -2.10. The number of benzene rings is 16. The number of nitrogens with zero attached hydrogens (tertiary/aromatic N) is 8. The minimum absolute atomic E-state index is 0.617. The number of furan rings is 2. The highest BCUT2D eigenvalue weighted by Gasteiger charge is 2.27. The Morgan fingerprint density at radius 3 is 1.07 bits per heavy atom. The second-order valence-corrected chi connectivity index (χ2v) is 29.6. The van der Waals surface area contributed by atoms with E-state index in [1.54, 1.807) is 0 Å². The predicted octanol–water partition coefficient (Wildman–Crippen LogP) is 27.1. The number of hydrogen-bond donors (Lipinski definition) is 0. The van der Waals surface area contributed by atoms with Crippen LogP contribution in [-0.4, -0.2) is 38.2 Å². The van der Waals surface area contributed by atoms with E-state index in [0.29, 0.717) is 28.5 Å². The van der Waals surface area contributed by atoms with E-state index >= 15 is 0 Å². The minimum Gasteiger partial charge on any atom is -0.452 e. The smallest absolute Gasteiger partial charge is 0.180 e. The van der Waals surface area contributed by atoms with Crippen LogP contribution in [0.4, 0.5) is 0 Å². The fourth-order valence-corrected chi connectivity index (χ4v) is 17.9. The third kappa shape index (κ3) is 9.81. The SMILES string of the molecule is c1ccc(-c2nc(-c3ccccc3)c3oc4cc5c6cc(-c7ccc8c(c7)c7ccc(-c9ccc(-c%10nc(-c%11ccccc%11)nc%11c%10oc%10ccc%12c%13cc(-c%14ccc%15c(c%14)c%14ccccc%14n%15-c%14ccccc%14)ccc%13n(-c%13ccccc%13)c%12c%10%11)cc9)cc7n8-c7ccccc7)ccc6n(-c6ccccc6)c5cc4c3n2)cc1. The van der Waals surface area contributed by atoms with Crippen molar-refractivity contribution in [3.05, 3.63) is 376 Å². The molecular weight excluding hydrogens is 1390 g/mol. The van der Waals surface area contributed by atoms with E-state index in [0.717, 1.165) is 182 Å². The number of para-hydroxylation sites is 5. The Morgan fingerprint density at radius 2 is 0.535 bits per heavy atom. The van der Waals surface area contributed by atoms with Crippen LogP contribution < -0.4 is 0 Å². The first-order chi connectivity index (χ1) is 56.5. The van der Waals surface area contributed by atoms with Crippen molar-refractivity contribution in [3.63, 3.8) is 0 Å². The van der Waals surface area contributed by atoms with E-state index in [9.17, 15) is 0 Å². The molecule has 8 heterocycles. The molecule has 0 fully saturated rings. The van der Waals surface area contributed by atoms with E-state index < -0.39 is 0 Å². The third-order valence-corrected chi connectivity index (χ3v) is 23.2. The van der Waals surface area contributed by atoms with Crippen LogP contribution in [0, 0.1) is 0 Å². The number of rotatable bonds is 11. The molecule has 0 aliphatic heterocycles. The maximum absolute atomic E-state index is 7.17. The van der Waals surface area contributed by atoms with Crippen molar-refractivity contribution in [2.24, 2.45) is 0 Å². The van der Waals surface area contributed by atoms with E-state index in [-0.39, 0.29) is 0 Å². The fourth-order valence-electron chi connectivity index (χ4n) is 17.9. The van der Waals surface area contributed by atoms with Crippen LogP contribution >= 0.6 is 0 Å². The van der Waals surface area contributed by atoms with Crippen molar-refractivity contribution in [1.82, 2.24) is 38.2 Å². The molecule has 0 N–H and O–H groups in total. The van der Waals surface area contributed by atoms with Gasteiger partial charge in [-0.15, -0.1) is 0 Å². The molecule has 24 aromatic rings. The molecule has 10 nitrogen and oxygen atoms in total. The second kappa shape index (κ2) is 25.0. The third-order valence-electron chi connectivity index (χ3n) is 23.2. The Bertz CT molecular complexity index is 8040. The molecule has 530 valence electrons. The van der Waals surface area contributed by atoms with Gasteiger partial charge < -0.3 is 27.1 Å². The highest BCUT2D eigenvalue weighted by Crippen LogP contribution is 2.48. The second-order valence-electron chi connectivity index (χ2n) is 29.6. The maximum Gasteiger partial charge on any atom is 0.180 e. The average molecular weight is 1460 g/mol.